The summed E-state index contributed by atoms with van der Waals surface area (Å²) >= 11 is 5.22. The lowest BCUT2D eigenvalue weighted by atomic mass is 10.2. The second-order valence-electron chi connectivity index (χ2n) is 3.68. The zero-order valence-electron chi connectivity index (χ0n) is 9.57. The quantitative estimate of drug-likeness (QED) is 0.906. The van der Waals surface area contributed by atoms with Gasteiger partial charge in [-0.3, -0.25) is 0 Å². The van der Waals surface area contributed by atoms with Gasteiger partial charge in [0.1, 0.15) is 12.4 Å². The van der Waals surface area contributed by atoms with Gasteiger partial charge in [-0.15, -0.1) is 0 Å². The zero-order valence-corrected chi connectivity index (χ0v) is 12.0. The average Bonchev–Trinajstić information content (AvgIpc) is 2.82. The molecule has 1 aromatic heterocycles. The van der Waals surface area contributed by atoms with Crippen LogP contribution in [0.15, 0.2) is 39.5 Å². The van der Waals surface area contributed by atoms with Gasteiger partial charge in [-0.05, 0) is 51.4 Å². The van der Waals surface area contributed by atoms with Crippen LogP contribution in [0.1, 0.15) is 11.1 Å². The van der Waals surface area contributed by atoms with Gasteiger partial charge in [-0.1, -0.05) is 12.1 Å². The second kappa shape index (κ2) is 6.19. The molecule has 0 saturated heterocycles. The molecule has 17 heavy (non-hydrogen) atoms. The van der Waals surface area contributed by atoms with Gasteiger partial charge in [-0.2, -0.15) is 11.3 Å². The van der Waals surface area contributed by atoms with Crippen LogP contribution in [-0.2, 0) is 13.2 Å². The van der Waals surface area contributed by atoms with Crippen LogP contribution in [0.2, 0.25) is 0 Å². The van der Waals surface area contributed by atoms with E-state index in [2.05, 4.69) is 44.1 Å². The van der Waals surface area contributed by atoms with E-state index < -0.39 is 0 Å². The summed E-state index contributed by atoms with van der Waals surface area (Å²) in [5.74, 6) is 0.924. The van der Waals surface area contributed by atoms with Gasteiger partial charge in [0, 0.05) is 12.1 Å². The third-order valence-electron chi connectivity index (χ3n) is 2.38. The summed E-state index contributed by atoms with van der Waals surface area (Å²) < 4.78 is 6.89. The Morgan fingerprint density at radius 2 is 2.24 bits per heavy atom. The summed E-state index contributed by atoms with van der Waals surface area (Å²) in [5, 5.41) is 7.31. The van der Waals surface area contributed by atoms with E-state index in [0.29, 0.717) is 6.61 Å². The molecule has 0 aliphatic rings. The fourth-order valence-corrected chi connectivity index (χ4v) is 2.75. The van der Waals surface area contributed by atoms with Gasteiger partial charge >= 0.3 is 0 Å². The van der Waals surface area contributed by atoms with Crippen molar-refractivity contribution in [2.75, 3.05) is 7.05 Å². The first-order valence-electron chi connectivity index (χ1n) is 5.37. The number of hydrogen-bond acceptors (Lipinski definition) is 3. The maximum absolute atomic E-state index is 5.88. The normalized spacial score (nSPS) is 10.5. The molecule has 0 bridgehead atoms. The number of rotatable bonds is 5. The van der Waals surface area contributed by atoms with Crippen molar-refractivity contribution in [1.82, 2.24) is 5.32 Å². The maximum Gasteiger partial charge on any atom is 0.138 e. The fourth-order valence-electron chi connectivity index (χ4n) is 1.58. The third-order valence-corrected chi connectivity index (χ3v) is 3.74. The Hall–Kier alpha value is -0.840. The molecule has 0 spiro atoms. The molecular formula is C13H14BrNOS. The number of halogens is 1. The van der Waals surface area contributed by atoms with E-state index in [1.807, 2.05) is 19.2 Å². The predicted octanol–water partition coefficient (Wildman–Crippen LogP) is 3.81. The molecule has 0 atom stereocenters. The predicted molar refractivity (Wildman–Crippen MR) is 75.6 cm³/mol. The first-order chi connectivity index (χ1) is 8.31. The number of thiophene rings is 1. The van der Waals surface area contributed by atoms with E-state index in [1.54, 1.807) is 11.3 Å². The van der Waals surface area contributed by atoms with Gasteiger partial charge < -0.3 is 10.1 Å². The molecule has 0 fully saturated rings. The minimum absolute atomic E-state index is 0.614. The minimum atomic E-state index is 0.614. The summed E-state index contributed by atoms with van der Waals surface area (Å²) in [7, 11) is 1.93. The van der Waals surface area contributed by atoms with Crippen molar-refractivity contribution in [2.45, 2.75) is 13.2 Å². The van der Waals surface area contributed by atoms with Gasteiger partial charge in [0.05, 0.1) is 4.47 Å². The summed E-state index contributed by atoms with van der Waals surface area (Å²) in [6.45, 7) is 1.42. The van der Waals surface area contributed by atoms with Gasteiger partial charge in [0.25, 0.3) is 0 Å². The monoisotopic (exact) mass is 311 g/mol. The van der Waals surface area contributed by atoms with Crippen LogP contribution in [0.3, 0.4) is 0 Å². The number of ether oxygens (including phenoxy) is 1. The summed E-state index contributed by atoms with van der Waals surface area (Å²) in [5.41, 5.74) is 2.37. The van der Waals surface area contributed by atoms with E-state index in [-0.39, 0.29) is 0 Å². The van der Waals surface area contributed by atoms with Crippen LogP contribution >= 0.6 is 27.3 Å². The molecule has 90 valence electrons. The van der Waals surface area contributed by atoms with Crippen molar-refractivity contribution in [2.24, 2.45) is 0 Å². The van der Waals surface area contributed by atoms with E-state index in [0.717, 1.165) is 22.3 Å². The lowest BCUT2D eigenvalue weighted by Crippen LogP contribution is -2.07. The van der Waals surface area contributed by atoms with Crippen molar-refractivity contribution < 1.29 is 4.74 Å². The van der Waals surface area contributed by atoms with Crippen LogP contribution in [0.5, 0.6) is 5.75 Å². The van der Waals surface area contributed by atoms with Crippen LogP contribution in [0.25, 0.3) is 0 Å². The molecule has 2 nitrogen and oxygen atoms in total. The van der Waals surface area contributed by atoms with E-state index in [9.17, 15) is 0 Å². The molecule has 1 N–H and O–H groups in total. The molecule has 0 unspecified atom stereocenters. The van der Waals surface area contributed by atoms with Crippen LogP contribution in [-0.4, -0.2) is 7.05 Å². The van der Waals surface area contributed by atoms with Crippen molar-refractivity contribution in [3.8, 4) is 5.75 Å². The topological polar surface area (TPSA) is 21.3 Å². The Morgan fingerprint density at radius 1 is 1.35 bits per heavy atom. The first kappa shape index (κ1) is 12.6. The molecule has 0 saturated carbocycles. The highest BCUT2D eigenvalue weighted by Crippen LogP contribution is 2.29. The molecular weight excluding hydrogens is 298 g/mol. The van der Waals surface area contributed by atoms with Crippen molar-refractivity contribution in [1.29, 1.82) is 0 Å². The molecule has 0 radical (unpaired) electrons. The minimum Gasteiger partial charge on any atom is -0.487 e. The Bertz CT molecular complexity index is 470. The molecule has 0 aliphatic heterocycles. The molecule has 0 amide bonds. The maximum atomic E-state index is 5.88. The lowest BCUT2D eigenvalue weighted by Gasteiger charge is -2.12. The van der Waals surface area contributed by atoms with Crippen molar-refractivity contribution in [3.05, 3.63) is 50.6 Å². The number of benzene rings is 1. The summed E-state index contributed by atoms with van der Waals surface area (Å²) in [6, 6.07) is 8.18. The Morgan fingerprint density at radius 3 is 2.94 bits per heavy atom. The number of nitrogens with one attached hydrogen (secondary N) is 1. The second-order valence-corrected chi connectivity index (χ2v) is 5.31. The van der Waals surface area contributed by atoms with Crippen LogP contribution in [0.4, 0.5) is 0 Å². The van der Waals surface area contributed by atoms with Crippen molar-refractivity contribution in [3.63, 3.8) is 0 Å². The molecule has 4 heteroatoms. The molecule has 0 aliphatic carbocycles. The molecule has 1 aromatic carbocycles. The lowest BCUT2D eigenvalue weighted by molar-refractivity contribution is 0.301. The SMILES string of the molecule is CNCc1cccc(Br)c1OCc1ccsc1. The Kier molecular flexibility index (Phi) is 4.59. The molecule has 2 aromatic rings. The Balaban J connectivity index is 2.13. The highest BCUT2D eigenvalue weighted by Gasteiger charge is 2.07. The molecule has 2 rings (SSSR count). The Labute approximate surface area is 114 Å². The summed E-state index contributed by atoms with van der Waals surface area (Å²) in [6.07, 6.45) is 0. The zero-order chi connectivity index (χ0) is 12.1. The third kappa shape index (κ3) is 3.31. The standard InChI is InChI=1S/C13H14BrNOS/c1-15-7-11-3-2-4-12(14)13(11)16-8-10-5-6-17-9-10/h2-6,9,15H,7-8H2,1H3. The average molecular weight is 312 g/mol. The van der Waals surface area contributed by atoms with Crippen molar-refractivity contribution >= 4 is 27.3 Å². The van der Waals surface area contributed by atoms with Gasteiger partial charge in [0.2, 0.25) is 0 Å². The van der Waals surface area contributed by atoms with E-state index in [4.69, 9.17) is 4.74 Å². The highest BCUT2D eigenvalue weighted by molar-refractivity contribution is 9.10. The van der Waals surface area contributed by atoms with E-state index >= 15 is 0 Å². The fraction of sp³-hybridized carbons (Fsp3) is 0.231. The van der Waals surface area contributed by atoms with Gasteiger partial charge in [-0.25, -0.2) is 0 Å². The smallest absolute Gasteiger partial charge is 0.138 e. The van der Waals surface area contributed by atoms with E-state index in [1.165, 1.54) is 5.56 Å². The highest BCUT2D eigenvalue weighted by atomic mass is 79.9. The van der Waals surface area contributed by atoms with Crippen LogP contribution < -0.4 is 10.1 Å². The van der Waals surface area contributed by atoms with Gasteiger partial charge in [0.15, 0.2) is 0 Å². The number of para-hydroxylation sites is 1. The van der Waals surface area contributed by atoms with Crippen LogP contribution in [0, 0.1) is 0 Å². The number of hydrogen-bond donors (Lipinski definition) is 1. The first-order valence-corrected chi connectivity index (χ1v) is 7.10. The molecule has 1 heterocycles. The summed E-state index contributed by atoms with van der Waals surface area (Å²) in [4.78, 5) is 0. The largest absolute Gasteiger partial charge is 0.487 e.